The fourth-order valence-electron chi connectivity index (χ4n) is 4.61. The van der Waals surface area contributed by atoms with Crippen LogP contribution >= 0.6 is 0 Å². The molecule has 2 aromatic rings. The molecular weight excluding hydrogens is 352 g/mol. The largest absolute Gasteiger partial charge is 0.359 e. The molecule has 0 saturated heterocycles. The molecule has 29 heavy (non-hydrogen) atoms. The van der Waals surface area contributed by atoms with Crippen molar-refractivity contribution in [2.24, 2.45) is 5.92 Å². The lowest BCUT2D eigenvalue weighted by Gasteiger charge is -2.37. The van der Waals surface area contributed by atoms with E-state index in [0.717, 1.165) is 17.8 Å². The summed E-state index contributed by atoms with van der Waals surface area (Å²) in [7, 11) is 0. The number of hydrogen-bond acceptors (Lipinski definition) is 2. The topological polar surface area (TPSA) is 15.3 Å². The summed E-state index contributed by atoms with van der Waals surface area (Å²) in [4.78, 5) is 2.51. The summed E-state index contributed by atoms with van der Waals surface area (Å²) in [5, 5.41) is 3.56. The molecule has 1 aliphatic carbocycles. The molecule has 0 atom stereocenters. The van der Waals surface area contributed by atoms with Gasteiger partial charge in [-0.1, -0.05) is 51.3 Å². The highest BCUT2D eigenvalue weighted by molar-refractivity contribution is 5.65. The van der Waals surface area contributed by atoms with Gasteiger partial charge in [-0.2, -0.15) is 0 Å². The molecule has 0 spiro atoms. The van der Waals surface area contributed by atoms with Gasteiger partial charge >= 0.3 is 0 Å². The van der Waals surface area contributed by atoms with E-state index >= 15 is 0 Å². The predicted molar refractivity (Wildman–Crippen MR) is 128 cm³/mol. The van der Waals surface area contributed by atoms with Gasteiger partial charge in [-0.05, 0) is 80.3 Å². The Kier molecular flexibility index (Phi) is 6.84. The van der Waals surface area contributed by atoms with Crippen molar-refractivity contribution in [2.75, 3.05) is 10.2 Å². The first-order valence-electron chi connectivity index (χ1n) is 11.1. The van der Waals surface area contributed by atoms with Gasteiger partial charge in [0.15, 0.2) is 0 Å². The Morgan fingerprint density at radius 1 is 0.966 bits per heavy atom. The van der Waals surface area contributed by atoms with E-state index in [2.05, 4.69) is 79.7 Å². The van der Waals surface area contributed by atoms with Gasteiger partial charge in [0.25, 0.3) is 0 Å². The molecule has 0 radical (unpaired) electrons. The van der Waals surface area contributed by atoms with E-state index in [1.807, 2.05) is 13.8 Å². The maximum atomic E-state index is 4.36. The lowest BCUT2D eigenvalue weighted by molar-refractivity contribution is 0.358. The fourth-order valence-corrected chi connectivity index (χ4v) is 4.61. The molecule has 1 heterocycles. The molecule has 4 rings (SSSR count). The van der Waals surface area contributed by atoms with Gasteiger partial charge in [0, 0.05) is 35.2 Å². The average Bonchev–Trinajstić information content (AvgIpc) is 3.08. The van der Waals surface area contributed by atoms with Crippen molar-refractivity contribution in [1.29, 1.82) is 0 Å². The van der Waals surface area contributed by atoms with Crippen LogP contribution < -0.4 is 10.2 Å². The molecule has 2 aromatic carbocycles. The van der Waals surface area contributed by atoms with Gasteiger partial charge in [-0.15, -0.1) is 0 Å². The average molecular weight is 389 g/mol. The summed E-state index contributed by atoms with van der Waals surface area (Å²) in [5.41, 5.74) is 9.03. The summed E-state index contributed by atoms with van der Waals surface area (Å²) in [5.74, 6) is 0.550. The summed E-state index contributed by atoms with van der Waals surface area (Å²) in [6.07, 6.45) is 5.77. The van der Waals surface area contributed by atoms with Gasteiger partial charge in [-0.25, -0.2) is 0 Å². The highest BCUT2D eigenvalue weighted by atomic mass is 15.2. The standard InChI is InChI=1S/C25H30N2.C2H6/c1-17-9-12-23(15-18(17)2)26-20(4)21-10-13-24(14-11-21)27-19(3)16-22-7-5-6-8-25(22)27;1-2/h5-9,12,15,21,24,26H,3-4,10-11,13-14,16H2,1-2H3;1-2H3. The second-order valence-electron chi connectivity index (χ2n) is 8.20. The molecule has 1 aliphatic heterocycles. The molecule has 2 nitrogen and oxygen atoms in total. The van der Waals surface area contributed by atoms with E-state index in [1.165, 1.54) is 53.8 Å². The molecule has 1 N–H and O–H groups in total. The Morgan fingerprint density at radius 2 is 1.66 bits per heavy atom. The van der Waals surface area contributed by atoms with E-state index < -0.39 is 0 Å². The first-order chi connectivity index (χ1) is 14.0. The van der Waals surface area contributed by atoms with E-state index in [9.17, 15) is 0 Å². The van der Waals surface area contributed by atoms with Crippen molar-refractivity contribution in [1.82, 2.24) is 0 Å². The summed E-state index contributed by atoms with van der Waals surface area (Å²) in [6, 6.07) is 15.9. The fraction of sp³-hybridized carbons (Fsp3) is 0.407. The van der Waals surface area contributed by atoms with Crippen LogP contribution in [0.5, 0.6) is 0 Å². The normalized spacial score (nSPS) is 20.6. The molecule has 2 heteroatoms. The minimum absolute atomic E-state index is 0.550. The Labute approximate surface area is 177 Å². The summed E-state index contributed by atoms with van der Waals surface area (Å²) in [6.45, 7) is 17.0. The van der Waals surface area contributed by atoms with Crippen LogP contribution in [0.3, 0.4) is 0 Å². The second-order valence-corrected chi connectivity index (χ2v) is 8.20. The highest BCUT2D eigenvalue weighted by Crippen LogP contribution is 2.41. The molecule has 1 fully saturated rings. The predicted octanol–water partition coefficient (Wildman–Crippen LogP) is 7.39. The van der Waals surface area contributed by atoms with Crippen LogP contribution in [0.25, 0.3) is 0 Å². The van der Waals surface area contributed by atoms with E-state index in [4.69, 9.17) is 0 Å². The van der Waals surface area contributed by atoms with Crippen molar-refractivity contribution in [2.45, 2.75) is 65.8 Å². The van der Waals surface area contributed by atoms with E-state index in [1.54, 1.807) is 0 Å². The number of nitrogens with zero attached hydrogens (tertiary/aromatic N) is 1. The van der Waals surface area contributed by atoms with E-state index in [0.29, 0.717) is 12.0 Å². The van der Waals surface area contributed by atoms with Gasteiger partial charge in [0.05, 0.1) is 0 Å². The molecule has 154 valence electrons. The van der Waals surface area contributed by atoms with Crippen LogP contribution in [0.2, 0.25) is 0 Å². The minimum Gasteiger partial charge on any atom is -0.359 e. The van der Waals surface area contributed by atoms with Crippen LogP contribution in [0, 0.1) is 19.8 Å². The van der Waals surface area contributed by atoms with Crippen molar-refractivity contribution in [3.8, 4) is 0 Å². The Bertz CT molecular complexity index is 872. The monoisotopic (exact) mass is 388 g/mol. The van der Waals surface area contributed by atoms with Crippen LogP contribution in [-0.2, 0) is 6.42 Å². The molecule has 0 unspecified atom stereocenters. The number of nitrogens with one attached hydrogen (secondary N) is 1. The third-order valence-electron chi connectivity index (χ3n) is 6.35. The molecule has 1 saturated carbocycles. The van der Waals surface area contributed by atoms with Crippen molar-refractivity contribution < 1.29 is 0 Å². The first kappa shape index (κ1) is 21.2. The SMILES string of the molecule is C=C(Nc1ccc(C)c(C)c1)C1CCC(N2C(=C)Cc3ccccc32)CC1.CC. The summed E-state index contributed by atoms with van der Waals surface area (Å²) < 4.78 is 0. The van der Waals surface area contributed by atoms with Gasteiger partial charge in [-0.3, -0.25) is 0 Å². The quantitative estimate of drug-likeness (QED) is 0.587. The van der Waals surface area contributed by atoms with Crippen molar-refractivity contribution in [3.63, 3.8) is 0 Å². The van der Waals surface area contributed by atoms with Gasteiger partial charge in [0.2, 0.25) is 0 Å². The van der Waals surface area contributed by atoms with E-state index in [-0.39, 0.29) is 0 Å². The number of hydrogen-bond donors (Lipinski definition) is 1. The van der Waals surface area contributed by atoms with Crippen molar-refractivity contribution in [3.05, 3.63) is 83.7 Å². The maximum absolute atomic E-state index is 4.36. The zero-order valence-corrected chi connectivity index (χ0v) is 18.6. The Balaban J connectivity index is 0.00000117. The van der Waals surface area contributed by atoms with Crippen LogP contribution in [0.1, 0.15) is 56.2 Å². The number of aryl methyl sites for hydroxylation is 2. The number of rotatable bonds is 4. The third-order valence-corrected chi connectivity index (χ3v) is 6.35. The Hall–Kier alpha value is -2.48. The van der Waals surface area contributed by atoms with Crippen LogP contribution in [0.15, 0.2) is 67.0 Å². The molecule has 0 aromatic heterocycles. The smallest absolute Gasteiger partial charge is 0.0447 e. The van der Waals surface area contributed by atoms with Crippen LogP contribution in [0.4, 0.5) is 11.4 Å². The number of allylic oxidation sites excluding steroid dienone is 2. The van der Waals surface area contributed by atoms with Gasteiger partial charge < -0.3 is 10.2 Å². The second kappa shape index (κ2) is 9.35. The lowest BCUT2D eigenvalue weighted by Crippen LogP contribution is -2.36. The zero-order valence-electron chi connectivity index (χ0n) is 18.6. The lowest BCUT2D eigenvalue weighted by atomic mass is 9.83. The highest BCUT2D eigenvalue weighted by Gasteiger charge is 2.32. The van der Waals surface area contributed by atoms with Crippen molar-refractivity contribution >= 4 is 11.4 Å². The van der Waals surface area contributed by atoms with Gasteiger partial charge in [0.1, 0.15) is 0 Å². The number of anilines is 2. The minimum atomic E-state index is 0.550. The number of benzene rings is 2. The number of fused-ring (bicyclic) bond motifs is 1. The molecule has 0 bridgehead atoms. The molecular formula is C27H36N2. The maximum Gasteiger partial charge on any atom is 0.0447 e. The third kappa shape index (κ3) is 4.58. The molecule has 0 amide bonds. The number of para-hydroxylation sites is 1. The first-order valence-corrected chi connectivity index (χ1v) is 11.1. The zero-order chi connectivity index (χ0) is 21.0. The Morgan fingerprint density at radius 3 is 2.34 bits per heavy atom. The van der Waals surface area contributed by atoms with Crippen LogP contribution in [-0.4, -0.2) is 6.04 Å². The molecule has 2 aliphatic rings. The summed E-state index contributed by atoms with van der Waals surface area (Å²) >= 11 is 0.